The van der Waals surface area contributed by atoms with Crippen LogP contribution in [0.1, 0.15) is 46.8 Å². The average Bonchev–Trinajstić information content (AvgIpc) is 2.59. The summed E-state index contributed by atoms with van der Waals surface area (Å²) in [7, 11) is 0. The Morgan fingerprint density at radius 1 is 1.08 bits per heavy atom. The van der Waals surface area contributed by atoms with Crippen LogP contribution >= 0.6 is 15.9 Å². The van der Waals surface area contributed by atoms with Gasteiger partial charge in [-0.05, 0) is 54.7 Å². The highest BCUT2D eigenvalue weighted by atomic mass is 79.9. The Balaban J connectivity index is 1.90. The van der Waals surface area contributed by atoms with Crippen molar-refractivity contribution in [2.24, 2.45) is 0 Å². The van der Waals surface area contributed by atoms with Crippen molar-refractivity contribution in [1.29, 1.82) is 0 Å². The quantitative estimate of drug-likeness (QED) is 0.720. The molecule has 2 rings (SSSR count). The predicted molar refractivity (Wildman–Crippen MR) is 105 cm³/mol. The maximum Gasteiger partial charge on any atom is 0.276 e. The van der Waals surface area contributed by atoms with Crippen LogP contribution in [0.5, 0.6) is 5.75 Å². The maximum absolute atomic E-state index is 12.1. The largest absolute Gasteiger partial charge is 0.483 e. The summed E-state index contributed by atoms with van der Waals surface area (Å²) in [6.45, 7) is 7.86. The first kappa shape index (κ1) is 20.0. The highest BCUT2D eigenvalue weighted by Gasteiger charge is 2.12. The van der Waals surface area contributed by atoms with Gasteiger partial charge in [-0.1, -0.05) is 48.0 Å². The topological polar surface area (TPSA) is 67.4 Å². The van der Waals surface area contributed by atoms with Crippen LogP contribution in [-0.2, 0) is 4.79 Å². The molecule has 0 heterocycles. The van der Waals surface area contributed by atoms with Gasteiger partial charge in [0.25, 0.3) is 11.8 Å². The lowest BCUT2D eigenvalue weighted by Gasteiger charge is -2.15. The Hall–Kier alpha value is -2.34. The number of hydrazine groups is 1. The standard InChI is InChI=1S/C20H23BrN2O3/c1-12(2)16-8-5-13(3)9-18(16)26-11-19(24)22-23-20(25)15-7-6-14(4)17(21)10-15/h5-10,12H,11H2,1-4H3,(H,22,24)(H,23,25). The van der Waals surface area contributed by atoms with Gasteiger partial charge in [-0.15, -0.1) is 0 Å². The summed E-state index contributed by atoms with van der Waals surface area (Å²) >= 11 is 3.38. The second kappa shape index (κ2) is 8.85. The lowest BCUT2D eigenvalue weighted by atomic mass is 10.0. The number of amides is 2. The molecule has 0 radical (unpaired) electrons. The van der Waals surface area contributed by atoms with Crippen molar-refractivity contribution in [3.8, 4) is 5.75 Å². The van der Waals surface area contributed by atoms with Crippen LogP contribution in [0.25, 0.3) is 0 Å². The van der Waals surface area contributed by atoms with E-state index in [1.54, 1.807) is 12.1 Å². The molecule has 0 bridgehead atoms. The molecule has 2 aromatic carbocycles. The molecule has 0 aliphatic carbocycles. The van der Waals surface area contributed by atoms with Crippen LogP contribution in [0.3, 0.4) is 0 Å². The number of benzene rings is 2. The summed E-state index contributed by atoms with van der Waals surface area (Å²) in [6.07, 6.45) is 0. The number of carbonyl (C=O) groups is 2. The van der Waals surface area contributed by atoms with Crippen LogP contribution in [-0.4, -0.2) is 18.4 Å². The minimum Gasteiger partial charge on any atom is -0.483 e. The van der Waals surface area contributed by atoms with Gasteiger partial charge in [0.15, 0.2) is 6.61 Å². The van der Waals surface area contributed by atoms with Gasteiger partial charge in [0.1, 0.15) is 5.75 Å². The molecule has 0 aromatic heterocycles. The molecule has 6 heteroatoms. The first-order chi connectivity index (χ1) is 12.3. The number of hydrogen-bond acceptors (Lipinski definition) is 3. The molecule has 0 saturated carbocycles. The van der Waals surface area contributed by atoms with Crippen LogP contribution in [0.15, 0.2) is 40.9 Å². The third-order valence-corrected chi connectivity index (χ3v) is 4.75. The molecule has 0 aliphatic heterocycles. The van der Waals surface area contributed by atoms with E-state index in [4.69, 9.17) is 4.74 Å². The number of carbonyl (C=O) groups excluding carboxylic acids is 2. The molecule has 2 N–H and O–H groups in total. The molecular weight excluding hydrogens is 396 g/mol. The molecule has 0 unspecified atom stereocenters. The Morgan fingerprint density at radius 3 is 2.46 bits per heavy atom. The monoisotopic (exact) mass is 418 g/mol. The third kappa shape index (κ3) is 5.33. The summed E-state index contributed by atoms with van der Waals surface area (Å²) in [4.78, 5) is 24.1. The number of ether oxygens (including phenoxy) is 1. The highest BCUT2D eigenvalue weighted by Crippen LogP contribution is 2.27. The molecule has 2 amide bonds. The van der Waals surface area contributed by atoms with Crippen molar-refractivity contribution < 1.29 is 14.3 Å². The van der Waals surface area contributed by atoms with Crippen molar-refractivity contribution in [3.63, 3.8) is 0 Å². The predicted octanol–water partition coefficient (Wildman–Crippen LogP) is 4.03. The molecule has 0 saturated heterocycles. The van der Waals surface area contributed by atoms with Gasteiger partial charge in [-0.25, -0.2) is 0 Å². The van der Waals surface area contributed by atoms with Crippen LogP contribution in [0, 0.1) is 13.8 Å². The SMILES string of the molecule is Cc1ccc(C(C)C)c(OCC(=O)NNC(=O)c2ccc(C)c(Br)c2)c1. The van der Waals surface area contributed by atoms with Crippen molar-refractivity contribution >= 4 is 27.7 Å². The summed E-state index contributed by atoms with van der Waals surface area (Å²) in [5.41, 5.74) is 8.33. The summed E-state index contributed by atoms with van der Waals surface area (Å²) in [5.74, 6) is 0.149. The van der Waals surface area contributed by atoms with Gasteiger partial charge in [0, 0.05) is 10.0 Å². The zero-order valence-electron chi connectivity index (χ0n) is 15.4. The second-order valence-corrected chi connectivity index (χ2v) is 7.31. The number of halogens is 1. The summed E-state index contributed by atoms with van der Waals surface area (Å²) in [5, 5.41) is 0. The Morgan fingerprint density at radius 2 is 1.81 bits per heavy atom. The first-order valence-electron chi connectivity index (χ1n) is 8.36. The van der Waals surface area contributed by atoms with E-state index in [-0.39, 0.29) is 12.5 Å². The van der Waals surface area contributed by atoms with Crippen LogP contribution in [0.2, 0.25) is 0 Å². The van der Waals surface area contributed by atoms with E-state index in [0.29, 0.717) is 11.3 Å². The van der Waals surface area contributed by atoms with E-state index >= 15 is 0 Å². The third-order valence-electron chi connectivity index (χ3n) is 3.90. The van der Waals surface area contributed by atoms with E-state index in [2.05, 4.69) is 40.6 Å². The molecular formula is C20H23BrN2O3. The van der Waals surface area contributed by atoms with E-state index in [1.807, 2.05) is 38.1 Å². The average molecular weight is 419 g/mol. The minimum absolute atomic E-state index is 0.180. The summed E-state index contributed by atoms with van der Waals surface area (Å²) in [6, 6.07) is 11.2. The highest BCUT2D eigenvalue weighted by molar-refractivity contribution is 9.10. The Kier molecular flexibility index (Phi) is 6.80. The maximum atomic E-state index is 12.1. The molecule has 26 heavy (non-hydrogen) atoms. The molecule has 0 spiro atoms. The number of aryl methyl sites for hydroxylation is 2. The fourth-order valence-electron chi connectivity index (χ4n) is 2.36. The van der Waals surface area contributed by atoms with E-state index < -0.39 is 11.8 Å². The molecule has 5 nitrogen and oxygen atoms in total. The van der Waals surface area contributed by atoms with E-state index in [0.717, 1.165) is 21.2 Å². The Labute approximate surface area is 162 Å². The first-order valence-corrected chi connectivity index (χ1v) is 9.16. The van der Waals surface area contributed by atoms with Gasteiger partial charge in [0.05, 0.1) is 0 Å². The molecule has 0 atom stereocenters. The summed E-state index contributed by atoms with van der Waals surface area (Å²) < 4.78 is 6.48. The lowest BCUT2D eigenvalue weighted by Crippen LogP contribution is -2.43. The zero-order chi connectivity index (χ0) is 19.3. The normalized spacial score (nSPS) is 10.5. The fraction of sp³-hybridized carbons (Fsp3) is 0.300. The zero-order valence-corrected chi connectivity index (χ0v) is 16.9. The van der Waals surface area contributed by atoms with Gasteiger partial charge in [0.2, 0.25) is 0 Å². The lowest BCUT2D eigenvalue weighted by molar-refractivity contribution is -0.123. The number of nitrogens with one attached hydrogen (secondary N) is 2. The molecule has 0 fully saturated rings. The van der Waals surface area contributed by atoms with Gasteiger partial charge >= 0.3 is 0 Å². The van der Waals surface area contributed by atoms with Gasteiger partial charge in [-0.3, -0.25) is 20.4 Å². The van der Waals surface area contributed by atoms with Crippen molar-refractivity contribution in [1.82, 2.24) is 10.9 Å². The van der Waals surface area contributed by atoms with Gasteiger partial charge < -0.3 is 4.74 Å². The number of rotatable bonds is 5. The fourth-order valence-corrected chi connectivity index (χ4v) is 2.73. The van der Waals surface area contributed by atoms with Crippen molar-refractivity contribution in [2.75, 3.05) is 6.61 Å². The molecule has 138 valence electrons. The molecule has 0 aliphatic rings. The van der Waals surface area contributed by atoms with E-state index in [1.165, 1.54) is 0 Å². The van der Waals surface area contributed by atoms with Gasteiger partial charge in [-0.2, -0.15) is 0 Å². The number of hydrogen-bond donors (Lipinski definition) is 2. The minimum atomic E-state index is -0.430. The Bertz CT molecular complexity index is 819. The van der Waals surface area contributed by atoms with E-state index in [9.17, 15) is 9.59 Å². The van der Waals surface area contributed by atoms with Crippen LogP contribution < -0.4 is 15.6 Å². The van der Waals surface area contributed by atoms with Crippen molar-refractivity contribution in [2.45, 2.75) is 33.6 Å². The second-order valence-electron chi connectivity index (χ2n) is 6.45. The smallest absolute Gasteiger partial charge is 0.276 e. The molecule has 2 aromatic rings. The van der Waals surface area contributed by atoms with Crippen molar-refractivity contribution in [3.05, 3.63) is 63.1 Å². The van der Waals surface area contributed by atoms with Crippen LogP contribution in [0.4, 0.5) is 0 Å².